The number of sulfonamides is 1. The van der Waals surface area contributed by atoms with Crippen LogP contribution in [0.5, 0.6) is 0 Å². The third-order valence-electron chi connectivity index (χ3n) is 3.80. The molecule has 0 spiro atoms. The molecule has 0 aliphatic carbocycles. The molecule has 1 fully saturated rings. The van der Waals surface area contributed by atoms with Gasteiger partial charge in [0, 0.05) is 22.3 Å². The predicted octanol–water partition coefficient (Wildman–Crippen LogP) is 2.56. The van der Waals surface area contributed by atoms with E-state index in [2.05, 4.69) is 27.9 Å². The minimum Gasteiger partial charge on any atom is -0.379 e. The second-order valence-corrected chi connectivity index (χ2v) is 8.63. The van der Waals surface area contributed by atoms with Gasteiger partial charge in [-0.3, -0.25) is 4.79 Å². The highest BCUT2D eigenvalue weighted by Gasteiger charge is 2.30. The van der Waals surface area contributed by atoms with E-state index < -0.39 is 15.9 Å². The highest BCUT2D eigenvalue weighted by molar-refractivity contribution is 14.1. The van der Waals surface area contributed by atoms with Crippen molar-refractivity contribution in [2.24, 2.45) is 0 Å². The average Bonchev–Trinajstić information content (AvgIpc) is 2.62. The molecule has 2 aromatic rings. The maximum atomic E-state index is 12.9. The van der Waals surface area contributed by atoms with E-state index in [1.807, 2.05) is 18.2 Å². The average molecular weight is 472 g/mol. The van der Waals surface area contributed by atoms with Gasteiger partial charge < -0.3 is 10.1 Å². The van der Waals surface area contributed by atoms with Crippen LogP contribution in [0.3, 0.4) is 0 Å². The topological polar surface area (TPSA) is 75.7 Å². The standard InChI is InChI=1S/C17H17IN2O4S/c18-13-4-3-5-14(12-13)19-17(21)15-6-1-2-7-16(15)25(22,23)20-8-10-24-11-9-20/h1-7,12H,8-11H2,(H,19,21). The van der Waals surface area contributed by atoms with Crippen LogP contribution in [0.1, 0.15) is 10.4 Å². The molecule has 1 saturated heterocycles. The van der Waals surface area contributed by atoms with E-state index in [9.17, 15) is 13.2 Å². The van der Waals surface area contributed by atoms with Crippen LogP contribution in [0.4, 0.5) is 5.69 Å². The van der Waals surface area contributed by atoms with Crippen molar-refractivity contribution in [1.82, 2.24) is 4.31 Å². The monoisotopic (exact) mass is 472 g/mol. The summed E-state index contributed by atoms with van der Waals surface area (Å²) in [5.74, 6) is -0.450. The van der Waals surface area contributed by atoms with Gasteiger partial charge in [0.2, 0.25) is 10.0 Å². The fraction of sp³-hybridized carbons (Fsp3) is 0.235. The van der Waals surface area contributed by atoms with Crippen LogP contribution < -0.4 is 5.32 Å². The van der Waals surface area contributed by atoms with Gasteiger partial charge in [-0.1, -0.05) is 18.2 Å². The lowest BCUT2D eigenvalue weighted by molar-refractivity contribution is 0.0730. The Hall–Kier alpha value is -1.49. The van der Waals surface area contributed by atoms with Gasteiger partial charge >= 0.3 is 0 Å². The summed E-state index contributed by atoms with van der Waals surface area (Å²) in [6, 6.07) is 13.6. The number of carbonyl (C=O) groups excluding carboxylic acids is 1. The fourth-order valence-corrected chi connectivity index (χ4v) is 4.71. The van der Waals surface area contributed by atoms with Gasteiger partial charge in [-0.15, -0.1) is 0 Å². The molecule has 0 bridgehead atoms. The van der Waals surface area contributed by atoms with Gasteiger partial charge in [-0.25, -0.2) is 8.42 Å². The summed E-state index contributed by atoms with van der Waals surface area (Å²) in [5, 5.41) is 2.76. The van der Waals surface area contributed by atoms with Crippen LogP contribution in [0.15, 0.2) is 53.4 Å². The number of carbonyl (C=O) groups is 1. The summed E-state index contributed by atoms with van der Waals surface area (Å²) in [4.78, 5) is 12.7. The van der Waals surface area contributed by atoms with Crippen LogP contribution in [-0.2, 0) is 14.8 Å². The lowest BCUT2D eigenvalue weighted by Gasteiger charge is -2.26. The number of morpholine rings is 1. The second kappa shape index (κ2) is 7.81. The van der Waals surface area contributed by atoms with Crippen molar-refractivity contribution in [2.45, 2.75) is 4.90 Å². The highest BCUT2D eigenvalue weighted by Crippen LogP contribution is 2.22. The van der Waals surface area contributed by atoms with E-state index in [-0.39, 0.29) is 23.5 Å². The first kappa shape index (κ1) is 18.3. The van der Waals surface area contributed by atoms with Crippen molar-refractivity contribution >= 4 is 44.2 Å². The second-order valence-electron chi connectivity index (χ2n) is 5.48. The van der Waals surface area contributed by atoms with Crippen molar-refractivity contribution in [1.29, 1.82) is 0 Å². The Morgan fingerprint density at radius 1 is 1.08 bits per heavy atom. The molecule has 0 atom stereocenters. The molecule has 1 heterocycles. The molecule has 1 N–H and O–H groups in total. The molecule has 1 aliphatic heterocycles. The zero-order valence-corrected chi connectivity index (χ0v) is 16.3. The highest BCUT2D eigenvalue weighted by atomic mass is 127. The Morgan fingerprint density at radius 2 is 1.80 bits per heavy atom. The van der Waals surface area contributed by atoms with Crippen molar-refractivity contribution in [2.75, 3.05) is 31.6 Å². The van der Waals surface area contributed by atoms with Crippen molar-refractivity contribution in [3.63, 3.8) is 0 Å². The zero-order chi connectivity index (χ0) is 17.9. The third kappa shape index (κ3) is 4.20. The molecule has 0 saturated carbocycles. The van der Waals surface area contributed by atoms with Gasteiger partial charge in [-0.05, 0) is 52.9 Å². The van der Waals surface area contributed by atoms with Gasteiger partial charge in [0.15, 0.2) is 0 Å². The number of hydrogen-bond acceptors (Lipinski definition) is 4. The van der Waals surface area contributed by atoms with Gasteiger partial charge in [-0.2, -0.15) is 4.31 Å². The van der Waals surface area contributed by atoms with Crippen LogP contribution in [-0.4, -0.2) is 44.9 Å². The normalized spacial score (nSPS) is 15.7. The molecule has 8 heteroatoms. The molecule has 0 unspecified atom stereocenters. The number of anilines is 1. The molecule has 2 aromatic carbocycles. The summed E-state index contributed by atoms with van der Waals surface area (Å²) in [6.45, 7) is 1.29. The van der Waals surface area contributed by atoms with Gasteiger partial charge in [0.25, 0.3) is 5.91 Å². The third-order valence-corrected chi connectivity index (χ3v) is 6.43. The molecular weight excluding hydrogens is 455 g/mol. The summed E-state index contributed by atoms with van der Waals surface area (Å²) in [6.07, 6.45) is 0. The molecule has 0 aromatic heterocycles. The molecule has 0 radical (unpaired) electrons. The Labute approximate surface area is 160 Å². The maximum Gasteiger partial charge on any atom is 0.257 e. The minimum absolute atomic E-state index is 0.0139. The molecule has 132 valence electrons. The quantitative estimate of drug-likeness (QED) is 0.695. The zero-order valence-electron chi connectivity index (χ0n) is 13.3. The van der Waals surface area contributed by atoms with E-state index in [1.54, 1.807) is 18.2 Å². The SMILES string of the molecule is O=C(Nc1cccc(I)c1)c1ccccc1S(=O)(=O)N1CCOCC1. The van der Waals surface area contributed by atoms with E-state index in [1.165, 1.54) is 16.4 Å². The molecule has 1 amide bonds. The van der Waals surface area contributed by atoms with Crippen LogP contribution in [0, 0.1) is 3.57 Å². The molecule has 6 nitrogen and oxygen atoms in total. The molecule has 25 heavy (non-hydrogen) atoms. The van der Waals surface area contributed by atoms with E-state index in [4.69, 9.17) is 4.74 Å². The maximum absolute atomic E-state index is 12.9. The summed E-state index contributed by atoms with van der Waals surface area (Å²) in [7, 11) is -3.75. The van der Waals surface area contributed by atoms with Gasteiger partial charge in [0.1, 0.15) is 0 Å². The number of hydrogen-bond donors (Lipinski definition) is 1. The van der Waals surface area contributed by atoms with E-state index >= 15 is 0 Å². The molecule has 1 aliphatic rings. The Morgan fingerprint density at radius 3 is 2.52 bits per heavy atom. The smallest absolute Gasteiger partial charge is 0.257 e. The lowest BCUT2D eigenvalue weighted by atomic mass is 10.2. The lowest BCUT2D eigenvalue weighted by Crippen LogP contribution is -2.41. The number of halogens is 1. The number of amides is 1. The number of ether oxygens (including phenoxy) is 1. The van der Waals surface area contributed by atoms with Crippen molar-refractivity contribution in [3.8, 4) is 0 Å². The molecular formula is C17H17IN2O4S. The predicted molar refractivity (Wildman–Crippen MR) is 103 cm³/mol. The number of nitrogens with one attached hydrogen (secondary N) is 1. The number of nitrogens with zero attached hydrogens (tertiary/aromatic N) is 1. The van der Waals surface area contributed by atoms with E-state index in [0.717, 1.165) is 3.57 Å². The van der Waals surface area contributed by atoms with Crippen LogP contribution in [0.25, 0.3) is 0 Å². The first-order chi connectivity index (χ1) is 12.0. The first-order valence-electron chi connectivity index (χ1n) is 7.72. The fourth-order valence-electron chi connectivity index (χ4n) is 2.57. The molecule has 3 rings (SSSR count). The first-order valence-corrected chi connectivity index (χ1v) is 10.2. The summed E-state index contributed by atoms with van der Waals surface area (Å²) >= 11 is 2.15. The van der Waals surface area contributed by atoms with Crippen LogP contribution >= 0.6 is 22.6 Å². The Kier molecular flexibility index (Phi) is 5.72. The largest absolute Gasteiger partial charge is 0.379 e. The number of benzene rings is 2. The Balaban J connectivity index is 1.91. The summed E-state index contributed by atoms with van der Waals surface area (Å²) in [5.41, 5.74) is 0.753. The van der Waals surface area contributed by atoms with E-state index in [0.29, 0.717) is 18.9 Å². The van der Waals surface area contributed by atoms with Crippen LogP contribution in [0.2, 0.25) is 0 Å². The van der Waals surface area contributed by atoms with Gasteiger partial charge in [0.05, 0.1) is 23.7 Å². The summed E-state index contributed by atoms with van der Waals surface area (Å²) < 4.78 is 33.4. The van der Waals surface area contributed by atoms with Crippen molar-refractivity contribution < 1.29 is 17.9 Å². The minimum atomic E-state index is -3.75. The van der Waals surface area contributed by atoms with Crippen molar-refractivity contribution in [3.05, 3.63) is 57.7 Å². The number of rotatable bonds is 4. The Bertz CT molecular complexity index is 880.